The van der Waals surface area contributed by atoms with Gasteiger partial charge in [0.2, 0.25) is 5.95 Å². The average molecular weight is 483 g/mol. The second kappa shape index (κ2) is 9.35. The van der Waals surface area contributed by atoms with Gasteiger partial charge in [-0.15, -0.1) is 0 Å². The number of piperidine rings is 1. The summed E-state index contributed by atoms with van der Waals surface area (Å²) in [5.41, 5.74) is 7.62. The van der Waals surface area contributed by atoms with Crippen molar-refractivity contribution < 1.29 is 13.9 Å². The monoisotopic (exact) mass is 482 g/mol. The number of rotatable bonds is 7. The van der Waals surface area contributed by atoms with Crippen LogP contribution in [0.3, 0.4) is 0 Å². The maximum absolute atomic E-state index is 15.2. The van der Waals surface area contributed by atoms with Crippen LogP contribution in [0.15, 0.2) is 30.5 Å². The maximum atomic E-state index is 15.2. The SMILES string of the molecule is CC(c1ccc([C@H](C)Nc2nccc(N3C(=O)OC[C@@H]3C3CC3)n2)cc1F)N1CCC(C)(N)CC1. The molecule has 2 aromatic rings. The molecule has 188 valence electrons. The van der Waals surface area contributed by atoms with E-state index in [4.69, 9.17) is 10.5 Å². The van der Waals surface area contributed by atoms with Crippen LogP contribution >= 0.6 is 0 Å². The number of benzene rings is 1. The minimum Gasteiger partial charge on any atom is -0.447 e. The topological polar surface area (TPSA) is 96.6 Å². The van der Waals surface area contributed by atoms with Gasteiger partial charge in [-0.1, -0.05) is 12.1 Å². The van der Waals surface area contributed by atoms with Crippen LogP contribution in [0.25, 0.3) is 0 Å². The van der Waals surface area contributed by atoms with E-state index in [1.807, 2.05) is 19.1 Å². The van der Waals surface area contributed by atoms with E-state index in [9.17, 15) is 4.79 Å². The number of nitrogens with one attached hydrogen (secondary N) is 1. The molecule has 3 fully saturated rings. The molecule has 1 amide bonds. The standard InChI is InChI=1S/C26H35FN6O2/c1-16(19-6-7-20(21(27)14-19)17(2)32-12-9-26(3,28)10-13-32)30-24-29-11-8-23(31-24)33-22(18-4-5-18)15-35-25(33)34/h6-8,11,14,16-18,22H,4-5,9-10,12-13,15,28H2,1-3H3,(H,29,30,31)/t16-,17?,22+/m0/s1. The number of aromatic nitrogens is 2. The number of amides is 1. The molecule has 3 N–H and O–H groups in total. The van der Waals surface area contributed by atoms with Gasteiger partial charge in [-0.05, 0) is 70.1 Å². The van der Waals surface area contributed by atoms with Crippen molar-refractivity contribution in [3.8, 4) is 0 Å². The zero-order valence-electron chi connectivity index (χ0n) is 20.7. The molecule has 35 heavy (non-hydrogen) atoms. The zero-order valence-corrected chi connectivity index (χ0v) is 20.7. The van der Waals surface area contributed by atoms with Gasteiger partial charge in [0.05, 0.1) is 12.1 Å². The van der Waals surface area contributed by atoms with Crippen LogP contribution in [-0.2, 0) is 4.74 Å². The summed E-state index contributed by atoms with van der Waals surface area (Å²) < 4.78 is 20.5. The number of carbonyl (C=O) groups excluding carboxylic acids is 1. The summed E-state index contributed by atoms with van der Waals surface area (Å²) in [7, 11) is 0. The molecule has 3 heterocycles. The smallest absolute Gasteiger partial charge is 0.415 e. The number of nitrogens with zero attached hydrogens (tertiary/aromatic N) is 4. The van der Waals surface area contributed by atoms with Crippen molar-refractivity contribution in [2.45, 2.75) is 70.1 Å². The second-order valence-electron chi connectivity index (χ2n) is 10.6. The highest BCUT2D eigenvalue weighted by molar-refractivity contribution is 5.89. The Morgan fingerprint density at radius 2 is 1.97 bits per heavy atom. The Morgan fingerprint density at radius 1 is 1.23 bits per heavy atom. The number of anilines is 2. The first-order chi connectivity index (χ1) is 16.7. The van der Waals surface area contributed by atoms with Crippen LogP contribution in [-0.4, -0.2) is 52.2 Å². The average Bonchev–Trinajstić information content (AvgIpc) is 3.60. The minimum atomic E-state index is -0.365. The molecule has 3 aliphatic rings. The quantitative estimate of drug-likeness (QED) is 0.604. The first kappa shape index (κ1) is 23.9. The van der Waals surface area contributed by atoms with Crippen molar-refractivity contribution in [2.24, 2.45) is 11.7 Å². The van der Waals surface area contributed by atoms with Crippen molar-refractivity contribution in [1.29, 1.82) is 0 Å². The van der Waals surface area contributed by atoms with Gasteiger partial charge in [0.1, 0.15) is 18.2 Å². The molecule has 9 heteroatoms. The van der Waals surface area contributed by atoms with E-state index < -0.39 is 0 Å². The number of ether oxygens (including phenoxy) is 1. The molecule has 5 rings (SSSR count). The Labute approximate surface area is 206 Å². The third-order valence-electron chi connectivity index (χ3n) is 7.77. The first-order valence-corrected chi connectivity index (χ1v) is 12.6. The van der Waals surface area contributed by atoms with E-state index in [1.165, 1.54) is 0 Å². The van der Waals surface area contributed by atoms with E-state index in [0.29, 0.717) is 29.9 Å². The summed E-state index contributed by atoms with van der Waals surface area (Å²) in [6, 6.07) is 6.94. The van der Waals surface area contributed by atoms with Gasteiger partial charge in [-0.2, -0.15) is 4.98 Å². The highest BCUT2D eigenvalue weighted by Crippen LogP contribution is 2.39. The van der Waals surface area contributed by atoms with E-state index in [-0.39, 0.29) is 35.6 Å². The fourth-order valence-electron chi connectivity index (χ4n) is 5.13. The van der Waals surface area contributed by atoms with E-state index in [2.05, 4.69) is 34.0 Å². The van der Waals surface area contributed by atoms with Crippen LogP contribution < -0.4 is 16.0 Å². The molecule has 1 unspecified atom stereocenters. The minimum absolute atomic E-state index is 0.0111. The van der Waals surface area contributed by atoms with Crippen molar-refractivity contribution in [2.75, 3.05) is 29.9 Å². The molecule has 1 aliphatic carbocycles. The molecule has 2 aliphatic heterocycles. The van der Waals surface area contributed by atoms with E-state index in [1.54, 1.807) is 23.2 Å². The number of cyclic esters (lactones) is 1. The predicted molar refractivity (Wildman–Crippen MR) is 133 cm³/mol. The summed E-state index contributed by atoms with van der Waals surface area (Å²) in [6.07, 6.45) is 5.30. The van der Waals surface area contributed by atoms with E-state index in [0.717, 1.165) is 44.3 Å². The van der Waals surface area contributed by atoms with Crippen LogP contribution in [0.2, 0.25) is 0 Å². The Hall–Kier alpha value is -2.78. The summed E-state index contributed by atoms with van der Waals surface area (Å²) in [5.74, 6) is 1.17. The van der Waals surface area contributed by atoms with Crippen LogP contribution in [0.5, 0.6) is 0 Å². The fourth-order valence-corrected chi connectivity index (χ4v) is 5.13. The Bertz CT molecular complexity index is 1080. The van der Waals surface area contributed by atoms with Crippen LogP contribution in [0.1, 0.15) is 69.7 Å². The summed E-state index contributed by atoms with van der Waals surface area (Å²) in [4.78, 5) is 25.1. The van der Waals surface area contributed by atoms with Gasteiger partial charge >= 0.3 is 6.09 Å². The highest BCUT2D eigenvalue weighted by atomic mass is 19.1. The van der Waals surface area contributed by atoms with Gasteiger partial charge in [0.25, 0.3) is 0 Å². The molecule has 1 aromatic heterocycles. The van der Waals surface area contributed by atoms with Gasteiger partial charge in [-0.3, -0.25) is 9.80 Å². The highest BCUT2D eigenvalue weighted by Gasteiger charge is 2.44. The number of halogens is 1. The molecule has 1 saturated carbocycles. The number of carbonyl (C=O) groups is 1. The van der Waals surface area contributed by atoms with Crippen molar-refractivity contribution in [3.05, 3.63) is 47.4 Å². The van der Waals surface area contributed by atoms with Gasteiger partial charge in [0.15, 0.2) is 0 Å². The molecular formula is C26H35FN6O2. The number of nitrogens with two attached hydrogens (primary N) is 1. The third kappa shape index (κ3) is 5.11. The molecule has 0 radical (unpaired) electrons. The largest absolute Gasteiger partial charge is 0.447 e. The lowest BCUT2D eigenvalue weighted by molar-refractivity contribution is 0.130. The predicted octanol–water partition coefficient (Wildman–Crippen LogP) is 4.40. The van der Waals surface area contributed by atoms with E-state index >= 15 is 4.39 Å². The summed E-state index contributed by atoms with van der Waals surface area (Å²) in [6.45, 7) is 8.22. The van der Waals surface area contributed by atoms with Crippen molar-refractivity contribution in [1.82, 2.24) is 14.9 Å². The lowest BCUT2D eigenvalue weighted by atomic mass is 9.89. The normalized spacial score (nSPS) is 24.2. The lowest BCUT2D eigenvalue weighted by Crippen LogP contribution is -2.48. The Balaban J connectivity index is 1.26. The van der Waals surface area contributed by atoms with Gasteiger partial charge in [0, 0.05) is 36.4 Å². The molecule has 0 bridgehead atoms. The Morgan fingerprint density at radius 3 is 2.66 bits per heavy atom. The molecule has 2 saturated heterocycles. The maximum Gasteiger partial charge on any atom is 0.415 e. The number of likely N-dealkylation sites (tertiary alicyclic amines) is 1. The number of hydrogen-bond acceptors (Lipinski definition) is 7. The summed E-state index contributed by atoms with van der Waals surface area (Å²) in [5, 5.41) is 3.25. The van der Waals surface area contributed by atoms with Crippen molar-refractivity contribution >= 4 is 17.9 Å². The second-order valence-corrected chi connectivity index (χ2v) is 10.6. The van der Waals surface area contributed by atoms with Crippen LogP contribution in [0.4, 0.5) is 21.0 Å². The third-order valence-corrected chi connectivity index (χ3v) is 7.77. The van der Waals surface area contributed by atoms with Gasteiger partial charge < -0.3 is 15.8 Å². The zero-order chi connectivity index (χ0) is 24.7. The fraction of sp³-hybridized carbons (Fsp3) is 0.577. The molecule has 8 nitrogen and oxygen atoms in total. The molecule has 3 atom stereocenters. The first-order valence-electron chi connectivity index (χ1n) is 12.6. The molecule has 0 spiro atoms. The van der Waals surface area contributed by atoms with Crippen LogP contribution in [0, 0.1) is 11.7 Å². The lowest BCUT2D eigenvalue weighted by Gasteiger charge is -2.40. The molecule has 1 aromatic carbocycles. The Kier molecular flexibility index (Phi) is 6.40. The molecular weight excluding hydrogens is 447 g/mol. The summed E-state index contributed by atoms with van der Waals surface area (Å²) >= 11 is 0. The van der Waals surface area contributed by atoms with Crippen molar-refractivity contribution in [3.63, 3.8) is 0 Å². The van der Waals surface area contributed by atoms with Gasteiger partial charge in [-0.25, -0.2) is 14.2 Å². The number of hydrogen-bond donors (Lipinski definition) is 2.